The molecular formula is C10H13NOS. The molecule has 0 atom stereocenters. The van der Waals surface area contributed by atoms with Crippen molar-refractivity contribution in [3.8, 4) is 5.75 Å². The highest BCUT2D eigenvalue weighted by molar-refractivity contribution is 7.08. The van der Waals surface area contributed by atoms with Crippen LogP contribution in [0.5, 0.6) is 5.75 Å². The van der Waals surface area contributed by atoms with E-state index in [0.717, 1.165) is 12.3 Å². The Balaban J connectivity index is 1.91. The van der Waals surface area contributed by atoms with Crippen molar-refractivity contribution >= 4 is 17.0 Å². The summed E-state index contributed by atoms with van der Waals surface area (Å²) in [5.41, 5.74) is 1.32. The summed E-state index contributed by atoms with van der Waals surface area (Å²) < 4.78 is 6.07. The van der Waals surface area contributed by atoms with Crippen LogP contribution in [0.25, 0.3) is 0 Å². The predicted molar refractivity (Wildman–Crippen MR) is 54.6 cm³/mol. The topological polar surface area (TPSA) is 21.3 Å². The normalized spacial score (nSPS) is 23.7. The Bertz CT molecular complexity index is 314. The molecular weight excluding hydrogens is 182 g/mol. The zero-order valence-corrected chi connectivity index (χ0v) is 8.32. The Labute approximate surface area is 81.9 Å². The molecule has 1 N–H and O–H groups in total. The highest BCUT2D eigenvalue weighted by Gasteiger charge is 2.39. The zero-order valence-electron chi connectivity index (χ0n) is 7.51. The molecule has 3 rings (SSSR count). The van der Waals surface area contributed by atoms with Crippen molar-refractivity contribution in [1.29, 1.82) is 0 Å². The Morgan fingerprint density at radius 3 is 3.00 bits per heavy atom. The lowest BCUT2D eigenvalue weighted by Crippen LogP contribution is -2.42. The number of hydrogen-bond acceptors (Lipinski definition) is 3. The number of nitrogens with one attached hydrogen (secondary N) is 1. The second-order valence-electron chi connectivity index (χ2n) is 4.00. The summed E-state index contributed by atoms with van der Waals surface area (Å²) in [6.45, 7) is 0.997. The number of thiophene rings is 1. The Kier molecular flexibility index (Phi) is 1.56. The van der Waals surface area contributed by atoms with E-state index in [1.807, 2.05) is 0 Å². The maximum Gasteiger partial charge on any atom is 0.154 e. The molecule has 0 radical (unpaired) electrons. The van der Waals surface area contributed by atoms with Crippen LogP contribution in [0.1, 0.15) is 25.7 Å². The monoisotopic (exact) mass is 195 g/mol. The maximum atomic E-state index is 6.07. The molecule has 0 aromatic carbocycles. The van der Waals surface area contributed by atoms with E-state index in [4.69, 9.17) is 4.74 Å². The molecule has 2 heterocycles. The Hall–Kier alpha value is -0.700. The second kappa shape index (κ2) is 2.64. The minimum absolute atomic E-state index is 0.133. The van der Waals surface area contributed by atoms with E-state index < -0.39 is 0 Å². The van der Waals surface area contributed by atoms with Gasteiger partial charge in [0.05, 0.1) is 12.2 Å². The van der Waals surface area contributed by atoms with Gasteiger partial charge in [-0.2, -0.15) is 0 Å². The second-order valence-corrected chi connectivity index (χ2v) is 4.74. The molecule has 1 aliphatic heterocycles. The van der Waals surface area contributed by atoms with Crippen LogP contribution in [0.2, 0.25) is 0 Å². The highest BCUT2D eigenvalue weighted by atomic mass is 32.1. The van der Waals surface area contributed by atoms with E-state index in [9.17, 15) is 0 Å². The summed E-state index contributed by atoms with van der Waals surface area (Å²) in [4.78, 5) is 0. The quantitative estimate of drug-likeness (QED) is 0.687. The predicted octanol–water partition coefficient (Wildman–Crippen LogP) is 2.87. The highest BCUT2D eigenvalue weighted by Crippen LogP contribution is 2.42. The van der Waals surface area contributed by atoms with E-state index in [1.165, 1.54) is 31.4 Å². The Morgan fingerprint density at radius 2 is 2.15 bits per heavy atom. The van der Waals surface area contributed by atoms with Crippen LogP contribution < -0.4 is 10.1 Å². The van der Waals surface area contributed by atoms with Gasteiger partial charge in [-0.25, -0.2) is 0 Å². The molecule has 0 unspecified atom stereocenters. The number of fused-ring (bicyclic) bond motifs is 1. The molecule has 1 fully saturated rings. The van der Waals surface area contributed by atoms with Crippen molar-refractivity contribution in [3.05, 3.63) is 10.8 Å². The fourth-order valence-electron chi connectivity index (χ4n) is 2.32. The van der Waals surface area contributed by atoms with Gasteiger partial charge in [0.15, 0.2) is 5.75 Å². The minimum Gasteiger partial charge on any atom is -0.482 e. The van der Waals surface area contributed by atoms with Gasteiger partial charge in [-0.1, -0.05) is 0 Å². The first kappa shape index (κ1) is 7.68. The van der Waals surface area contributed by atoms with Crippen molar-refractivity contribution in [2.45, 2.75) is 31.3 Å². The van der Waals surface area contributed by atoms with Crippen LogP contribution in [0.4, 0.5) is 5.69 Å². The number of anilines is 1. The average Bonchev–Trinajstić information content (AvgIpc) is 2.74. The van der Waals surface area contributed by atoms with Gasteiger partial charge in [-0.3, -0.25) is 0 Å². The van der Waals surface area contributed by atoms with Crippen molar-refractivity contribution in [3.63, 3.8) is 0 Å². The first-order valence-electron chi connectivity index (χ1n) is 4.87. The van der Waals surface area contributed by atoms with Gasteiger partial charge >= 0.3 is 0 Å². The average molecular weight is 195 g/mol. The fourth-order valence-corrected chi connectivity index (χ4v) is 3.02. The van der Waals surface area contributed by atoms with Gasteiger partial charge in [0.1, 0.15) is 5.60 Å². The zero-order chi connectivity index (χ0) is 8.73. The van der Waals surface area contributed by atoms with E-state index in [2.05, 4.69) is 16.1 Å². The molecule has 1 aromatic heterocycles. The number of hydrogen-bond donors (Lipinski definition) is 1. The lowest BCUT2D eigenvalue weighted by atomic mass is 10.0. The van der Waals surface area contributed by atoms with Crippen LogP contribution in [0.3, 0.4) is 0 Å². The smallest absolute Gasteiger partial charge is 0.154 e. The van der Waals surface area contributed by atoms with Crippen molar-refractivity contribution in [2.75, 3.05) is 11.9 Å². The molecule has 70 valence electrons. The molecule has 0 bridgehead atoms. The molecule has 1 spiro atoms. The van der Waals surface area contributed by atoms with Crippen LogP contribution >= 0.6 is 11.3 Å². The van der Waals surface area contributed by atoms with E-state index >= 15 is 0 Å². The molecule has 3 heteroatoms. The van der Waals surface area contributed by atoms with E-state index in [1.54, 1.807) is 11.3 Å². The summed E-state index contributed by atoms with van der Waals surface area (Å²) in [6.07, 6.45) is 5.08. The number of ether oxygens (including phenoxy) is 1. The van der Waals surface area contributed by atoms with Gasteiger partial charge in [-0.15, -0.1) is 11.3 Å². The van der Waals surface area contributed by atoms with Gasteiger partial charge < -0.3 is 10.1 Å². The molecule has 2 nitrogen and oxygen atoms in total. The molecule has 13 heavy (non-hydrogen) atoms. The van der Waals surface area contributed by atoms with Crippen LogP contribution in [-0.4, -0.2) is 12.1 Å². The first-order chi connectivity index (χ1) is 6.38. The SMILES string of the molecule is c1scc2c1NCC1(CCCC1)O2. The molecule has 1 aromatic rings. The van der Waals surface area contributed by atoms with Crippen LogP contribution in [-0.2, 0) is 0 Å². The first-order valence-corrected chi connectivity index (χ1v) is 5.81. The summed E-state index contributed by atoms with van der Waals surface area (Å²) in [5, 5.41) is 7.68. The molecule has 1 aliphatic carbocycles. The van der Waals surface area contributed by atoms with E-state index in [-0.39, 0.29) is 5.60 Å². The fraction of sp³-hybridized carbons (Fsp3) is 0.600. The molecule has 2 aliphatic rings. The summed E-state index contributed by atoms with van der Waals surface area (Å²) >= 11 is 1.71. The van der Waals surface area contributed by atoms with Crippen LogP contribution in [0.15, 0.2) is 10.8 Å². The summed E-state index contributed by atoms with van der Waals surface area (Å²) in [6, 6.07) is 0. The number of rotatable bonds is 0. The molecule has 0 saturated heterocycles. The third-order valence-corrected chi connectivity index (χ3v) is 3.79. The lowest BCUT2D eigenvalue weighted by molar-refractivity contribution is 0.0837. The molecule has 0 amide bonds. The third-order valence-electron chi connectivity index (χ3n) is 3.07. The van der Waals surface area contributed by atoms with Gasteiger partial charge in [0, 0.05) is 10.8 Å². The summed E-state index contributed by atoms with van der Waals surface area (Å²) in [5.74, 6) is 1.07. The Morgan fingerprint density at radius 1 is 1.31 bits per heavy atom. The third kappa shape index (κ3) is 1.14. The minimum atomic E-state index is 0.133. The largest absolute Gasteiger partial charge is 0.482 e. The van der Waals surface area contributed by atoms with Crippen molar-refractivity contribution in [1.82, 2.24) is 0 Å². The van der Waals surface area contributed by atoms with E-state index in [0.29, 0.717) is 0 Å². The summed E-state index contributed by atoms with van der Waals surface area (Å²) in [7, 11) is 0. The van der Waals surface area contributed by atoms with Gasteiger partial charge in [0.2, 0.25) is 0 Å². The van der Waals surface area contributed by atoms with Gasteiger partial charge in [-0.05, 0) is 25.7 Å². The lowest BCUT2D eigenvalue weighted by Gasteiger charge is -2.34. The van der Waals surface area contributed by atoms with Crippen molar-refractivity contribution < 1.29 is 4.74 Å². The van der Waals surface area contributed by atoms with Crippen molar-refractivity contribution in [2.24, 2.45) is 0 Å². The standard InChI is InChI=1S/C10H13NOS/c1-2-4-10(3-1)7-11-8-5-13-6-9(8)12-10/h5-6,11H,1-4,7H2. The van der Waals surface area contributed by atoms with Gasteiger partial charge in [0.25, 0.3) is 0 Å². The van der Waals surface area contributed by atoms with Crippen LogP contribution in [0, 0.1) is 0 Å². The molecule has 1 saturated carbocycles. The maximum absolute atomic E-state index is 6.07.